The molecule has 0 saturated heterocycles. The van der Waals surface area contributed by atoms with Crippen molar-refractivity contribution in [2.75, 3.05) is 11.9 Å². The molecule has 0 saturated carbocycles. The lowest BCUT2D eigenvalue weighted by molar-refractivity contribution is -0.116. The Kier molecular flexibility index (Phi) is 2.44. The molecule has 2 rings (SSSR count). The van der Waals surface area contributed by atoms with Gasteiger partial charge in [-0.15, -0.1) is 11.3 Å². The highest BCUT2D eigenvalue weighted by Gasteiger charge is 2.07. The molecular weight excluding hydrogens is 208 g/mol. The number of nitrogens with zero attached hydrogens (tertiary/aromatic N) is 2. The van der Waals surface area contributed by atoms with Crippen LogP contribution in [0.4, 0.5) is 5.69 Å². The Morgan fingerprint density at radius 1 is 1.47 bits per heavy atom. The van der Waals surface area contributed by atoms with E-state index in [9.17, 15) is 4.79 Å². The van der Waals surface area contributed by atoms with Crippen LogP contribution in [-0.2, 0) is 4.79 Å². The van der Waals surface area contributed by atoms with Gasteiger partial charge in [0, 0.05) is 19.7 Å². The summed E-state index contributed by atoms with van der Waals surface area (Å²) in [6, 6.07) is 5.87. The average molecular weight is 220 g/mol. The summed E-state index contributed by atoms with van der Waals surface area (Å²) in [6.45, 7) is 3.54. The number of hydrogen-bond acceptors (Lipinski definition) is 3. The average Bonchev–Trinajstić information content (AvgIpc) is 2.55. The minimum atomic E-state index is 0.0376. The summed E-state index contributed by atoms with van der Waals surface area (Å²) in [4.78, 5) is 17.2. The molecule has 0 unspecified atom stereocenters. The number of benzene rings is 1. The maximum Gasteiger partial charge on any atom is 0.223 e. The molecule has 1 heterocycles. The fraction of sp³-hybridized carbons (Fsp3) is 0.273. The van der Waals surface area contributed by atoms with Crippen molar-refractivity contribution >= 4 is 33.1 Å². The standard InChI is InChI=1S/C11H12N2OS/c1-7-12-10-5-4-9(6-11(10)15-7)13(3)8(2)14/h4-6H,1-3H3. The van der Waals surface area contributed by atoms with Crippen molar-refractivity contribution in [1.29, 1.82) is 0 Å². The summed E-state index contributed by atoms with van der Waals surface area (Å²) in [5.74, 6) is 0.0376. The monoisotopic (exact) mass is 220 g/mol. The van der Waals surface area contributed by atoms with Crippen molar-refractivity contribution in [3.8, 4) is 0 Å². The molecular formula is C11H12N2OS. The van der Waals surface area contributed by atoms with Crippen molar-refractivity contribution in [3.63, 3.8) is 0 Å². The van der Waals surface area contributed by atoms with Gasteiger partial charge in [0.15, 0.2) is 0 Å². The highest BCUT2D eigenvalue weighted by atomic mass is 32.1. The second-order valence-corrected chi connectivity index (χ2v) is 4.70. The molecule has 4 heteroatoms. The molecule has 0 spiro atoms. The van der Waals surface area contributed by atoms with Crippen LogP contribution in [0, 0.1) is 6.92 Å². The fourth-order valence-corrected chi connectivity index (χ4v) is 2.28. The van der Waals surface area contributed by atoms with E-state index in [0.717, 1.165) is 20.9 Å². The number of aryl methyl sites for hydroxylation is 1. The molecule has 1 aromatic carbocycles. The molecule has 3 nitrogen and oxygen atoms in total. The number of rotatable bonds is 1. The summed E-state index contributed by atoms with van der Waals surface area (Å²) in [5, 5.41) is 1.05. The lowest BCUT2D eigenvalue weighted by Crippen LogP contribution is -2.22. The molecule has 0 aliphatic carbocycles. The molecule has 0 aliphatic rings. The molecule has 1 amide bonds. The lowest BCUT2D eigenvalue weighted by atomic mass is 10.3. The highest BCUT2D eigenvalue weighted by molar-refractivity contribution is 7.18. The Labute approximate surface area is 92.4 Å². The zero-order valence-corrected chi connectivity index (χ0v) is 9.76. The minimum absolute atomic E-state index is 0.0376. The van der Waals surface area contributed by atoms with Gasteiger partial charge in [0.05, 0.1) is 15.2 Å². The van der Waals surface area contributed by atoms with E-state index >= 15 is 0 Å². The van der Waals surface area contributed by atoms with Crippen LogP contribution in [0.1, 0.15) is 11.9 Å². The van der Waals surface area contributed by atoms with Gasteiger partial charge in [0.1, 0.15) is 0 Å². The smallest absolute Gasteiger partial charge is 0.223 e. The summed E-state index contributed by atoms with van der Waals surface area (Å²) in [7, 11) is 1.78. The number of hydrogen-bond donors (Lipinski definition) is 0. The zero-order chi connectivity index (χ0) is 11.0. The van der Waals surface area contributed by atoms with Gasteiger partial charge in [-0.3, -0.25) is 4.79 Å². The normalized spacial score (nSPS) is 10.6. The van der Waals surface area contributed by atoms with E-state index in [2.05, 4.69) is 4.98 Å². The molecule has 0 bridgehead atoms. The van der Waals surface area contributed by atoms with Crippen molar-refractivity contribution in [2.45, 2.75) is 13.8 Å². The predicted octanol–water partition coefficient (Wildman–Crippen LogP) is 2.59. The van der Waals surface area contributed by atoms with Crippen LogP contribution in [0.15, 0.2) is 18.2 Å². The van der Waals surface area contributed by atoms with Gasteiger partial charge in [-0.25, -0.2) is 4.98 Å². The number of amides is 1. The topological polar surface area (TPSA) is 33.2 Å². The second kappa shape index (κ2) is 3.62. The van der Waals surface area contributed by atoms with E-state index in [4.69, 9.17) is 0 Å². The third-order valence-corrected chi connectivity index (χ3v) is 3.27. The Bertz CT molecular complexity index is 518. The number of fused-ring (bicyclic) bond motifs is 1. The van der Waals surface area contributed by atoms with Gasteiger partial charge in [-0.2, -0.15) is 0 Å². The van der Waals surface area contributed by atoms with Crippen LogP contribution >= 0.6 is 11.3 Å². The third kappa shape index (κ3) is 1.85. The summed E-state index contributed by atoms with van der Waals surface area (Å²) < 4.78 is 1.12. The van der Waals surface area contributed by atoms with Gasteiger partial charge in [0.2, 0.25) is 5.91 Å². The van der Waals surface area contributed by atoms with E-state index in [-0.39, 0.29) is 5.91 Å². The van der Waals surface area contributed by atoms with Crippen LogP contribution < -0.4 is 4.90 Å². The van der Waals surface area contributed by atoms with Crippen LogP contribution in [-0.4, -0.2) is 17.9 Å². The van der Waals surface area contributed by atoms with Crippen LogP contribution in [0.2, 0.25) is 0 Å². The molecule has 78 valence electrons. The van der Waals surface area contributed by atoms with Crippen molar-refractivity contribution in [1.82, 2.24) is 4.98 Å². The first-order valence-corrected chi connectivity index (χ1v) is 5.51. The SMILES string of the molecule is CC(=O)N(C)c1ccc2nc(C)sc2c1. The molecule has 0 atom stereocenters. The zero-order valence-electron chi connectivity index (χ0n) is 8.94. The van der Waals surface area contributed by atoms with Gasteiger partial charge < -0.3 is 4.90 Å². The summed E-state index contributed by atoms with van der Waals surface area (Å²) in [5.41, 5.74) is 1.91. The molecule has 0 aliphatic heterocycles. The first-order chi connectivity index (χ1) is 7.08. The van der Waals surface area contributed by atoms with Crippen molar-refractivity contribution < 1.29 is 4.79 Å². The van der Waals surface area contributed by atoms with Crippen molar-refractivity contribution in [3.05, 3.63) is 23.2 Å². The summed E-state index contributed by atoms with van der Waals surface area (Å²) >= 11 is 1.65. The van der Waals surface area contributed by atoms with E-state index < -0.39 is 0 Å². The fourth-order valence-electron chi connectivity index (χ4n) is 1.42. The molecule has 0 N–H and O–H groups in total. The van der Waals surface area contributed by atoms with Crippen LogP contribution in [0.25, 0.3) is 10.2 Å². The van der Waals surface area contributed by atoms with Gasteiger partial charge >= 0.3 is 0 Å². The van der Waals surface area contributed by atoms with E-state index in [1.807, 2.05) is 25.1 Å². The number of carbonyl (C=O) groups is 1. The first-order valence-electron chi connectivity index (χ1n) is 4.69. The maximum atomic E-state index is 11.2. The highest BCUT2D eigenvalue weighted by Crippen LogP contribution is 2.26. The molecule has 0 radical (unpaired) electrons. The molecule has 1 aromatic heterocycles. The van der Waals surface area contributed by atoms with E-state index in [1.54, 1.807) is 30.2 Å². The van der Waals surface area contributed by atoms with Crippen LogP contribution in [0.3, 0.4) is 0 Å². The molecule has 2 aromatic rings. The number of anilines is 1. The first kappa shape index (κ1) is 10.1. The number of thiazole rings is 1. The maximum absolute atomic E-state index is 11.2. The Morgan fingerprint density at radius 3 is 2.87 bits per heavy atom. The Hall–Kier alpha value is -1.42. The van der Waals surface area contributed by atoms with Gasteiger partial charge in [0.25, 0.3) is 0 Å². The van der Waals surface area contributed by atoms with Crippen molar-refractivity contribution in [2.24, 2.45) is 0 Å². The number of carbonyl (C=O) groups excluding carboxylic acids is 1. The second-order valence-electron chi connectivity index (χ2n) is 3.46. The minimum Gasteiger partial charge on any atom is -0.316 e. The predicted molar refractivity (Wildman–Crippen MR) is 63.4 cm³/mol. The van der Waals surface area contributed by atoms with Gasteiger partial charge in [-0.05, 0) is 25.1 Å². The Morgan fingerprint density at radius 2 is 2.20 bits per heavy atom. The van der Waals surface area contributed by atoms with Gasteiger partial charge in [-0.1, -0.05) is 0 Å². The third-order valence-electron chi connectivity index (χ3n) is 2.34. The van der Waals surface area contributed by atoms with Crippen LogP contribution in [0.5, 0.6) is 0 Å². The quantitative estimate of drug-likeness (QED) is 0.740. The summed E-state index contributed by atoms with van der Waals surface area (Å²) in [6.07, 6.45) is 0. The largest absolute Gasteiger partial charge is 0.316 e. The van der Waals surface area contributed by atoms with E-state index in [0.29, 0.717) is 0 Å². The van der Waals surface area contributed by atoms with E-state index in [1.165, 1.54) is 0 Å². The lowest BCUT2D eigenvalue weighted by Gasteiger charge is -2.14. The molecule has 0 fully saturated rings. The Balaban J connectivity index is 2.50. The number of aromatic nitrogens is 1. The molecule has 15 heavy (non-hydrogen) atoms.